The van der Waals surface area contributed by atoms with Crippen molar-refractivity contribution in [3.63, 3.8) is 0 Å². The van der Waals surface area contributed by atoms with Crippen molar-refractivity contribution in [2.45, 2.75) is 71.3 Å². The highest BCUT2D eigenvalue weighted by molar-refractivity contribution is 5.69. The summed E-state index contributed by atoms with van der Waals surface area (Å²) in [6.07, 6.45) is 8.16. The number of hydrogen-bond acceptors (Lipinski definition) is 4. The zero-order valence-corrected chi connectivity index (χ0v) is 15.2. The van der Waals surface area contributed by atoms with Crippen LogP contribution in [0.3, 0.4) is 0 Å². The summed E-state index contributed by atoms with van der Waals surface area (Å²) < 4.78 is 0. The average molecular weight is 333 g/mol. The predicted octanol–water partition coefficient (Wildman–Crippen LogP) is 4.04. The summed E-state index contributed by atoms with van der Waals surface area (Å²) in [5, 5.41) is 8.97. The summed E-state index contributed by atoms with van der Waals surface area (Å²) in [6.45, 7) is 7.29. The van der Waals surface area contributed by atoms with Crippen LogP contribution in [0.1, 0.15) is 70.8 Å². The van der Waals surface area contributed by atoms with Crippen molar-refractivity contribution >= 4 is 17.5 Å². The number of anilines is 2. The number of carbonyl (C=O) groups is 1. The largest absolute Gasteiger partial charge is 0.481 e. The lowest BCUT2D eigenvalue weighted by Crippen LogP contribution is -2.40. The van der Waals surface area contributed by atoms with Gasteiger partial charge in [0.05, 0.1) is 12.1 Å². The van der Waals surface area contributed by atoms with Crippen molar-refractivity contribution in [1.82, 2.24) is 4.98 Å². The van der Waals surface area contributed by atoms with E-state index in [0.29, 0.717) is 17.6 Å². The number of carboxylic acid groups (broad SMARTS) is 1. The van der Waals surface area contributed by atoms with Crippen LogP contribution in [0.15, 0.2) is 12.3 Å². The normalized spacial score (nSPS) is 17.0. The van der Waals surface area contributed by atoms with Crippen LogP contribution in [-0.4, -0.2) is 28.6 Å². The van der Waals surface area contributed by atoms with Crippen LogP contribution >= 0.6 is 0 Å². The number of hydrogen-bond donors (Lipinski definition) is 2. The Bertz CT molecular complexity index is 554. The molecule has 2 rings (SSSR count). The van der Waals surface area contributed by atoms with E-state index in [2.05, 4.69) is 23.7 Å². The van der Waals surface area contributed by atoms with Gasteiger partial charge in [0.1, 0.15) is 0 Å². The van der Waals surface area contributed by atoms with E-state index in [-0.39, 0.29) is 12.3 Å². The quantitative estimate of drug-likeness (QED) is 0.787. The second kappa shape index (κ2) is 8.36. The average Bonchev–Trinajstić information content (AvgIpc) is 2.53. The lowest BCUT2D eigenvalue weighted by Gasteiger charge is -2.37. The van der Waals surface area contributed by atoms with Gasteiger partial charge in [-0.15, -0.1) is 0 Å². The highest BCUT2D eigenvalue weighted by atomic mass is 16.4. The van der Waals surface area contributed by atoms with Crippen LogP contribution in [0.4, 0.5) is 11.5 Å². The fourth-order valence-corrected chi connectivity index (χ4v) is 3.58. The summed E-state index contributed by atoms with van der Waals surface area (Å²) >= 11 is 0. The third-order valence-corrected chi connectivity index (χ3v) is 4.82. The maximum Gasteiger partial charge on any atom is 0.303 e. The van der Waals surface area contributed by atoms with E-state index in [4.69, 9.17) is 10.8 Å². The monoisotopic (exact) mass is 333 g/mol. The number of aliphatic carboxylic acids is 1. The molecular weight excluding hydrogens is 302 g/mol. The van der Waals surface area contributed by atoms with Gasteiger partial charge >= 0.3 is 5.97 Å². The van der Waals surface area contributed by atoms with Gasteiger partial charge in [-0.25, -0.2) is 4.98 Å². The number of nitrogen functional groups attached to an aromatic ring is 1. The van der Waals surface area contributed by atoms with Crippen molar-refractivity contribution < 1.29 is 9.90 Å². The van der Waals surface area contributed by atoms with E-state index in [1.54, 1.807) is 6.20 Å². The van der Waals surface area contributed by atoms with Gasteiger partial charge in [-0.2, -0.15) is 0 Å². The molecule has 0 aromatic carbocycles. The van der Waals surface area contributed by atoms with E-state index in [1.807, 2.05) is 13.0 Å². The molecule has 0 aliphatic heterocycles. The van der Waals surface area contributed by atoms with Gasteiger partial charge in [0, 0.05) is 18.8 Å². The van der Waals surface area contributed by atoms with Gasteiger partial charge in [0.2, 0.25) is 0 Å². The molecule has 0 saturated heterocycles. The molecule has 0 unspecified atom stereocenters. The van der Waals surface area contributed by atoms with E-state index >= 15 is 0 Å². The molecule has 1 fully saturated rings. The zero-order chi connectivity index (χ0) is 17.7. The SMILES string of the molecule is CC(C)CN(c1ncc([C@H](C)CC(=O)O)cc1N)C1CCCCC1. The summed E-state index contributed by atoms with van der Waals surface area (Å²) in [5.74, 6) is 0.522. The maximum absolute atomic E-state index is 10.9. The zero-order valence-electron chi connectivity index (χ0n) is 15.2. The Hall–Kier alpha value is -1.78. The minimum absolute atomic E-state index is 0.0837. The second-order valence-corrected chi connectivity index (χ2v) is 7.52. The fourth-order valence-electron chi connectivity index (χ4n) is 3.58. The Labute approximate surface area is 145 Å². The molecule has 1 saturated carbocycles. The van der Waals surface area contributed by atoms with Crippen molar-refractivity contribution in [2.24, 2.45) is 5.92 Å². The highest BCUT2D eigenvalue weighted by Gasteiger charge is 2.25. The number of rotatable bonds is 7. The van der Waals surface area contributed by atoms with Gasteiger partial charge in [-0.1, -0.05) is 40.0 Å². The Kier molecular flexibility index (Phi) is 6.46. The Morgan fingerprint density at radius 3 is 2.54 bits per heavy atom. The fraction of sp³-hybridized carbons (Fsp3) is 0.684. The molecule has 0 amide bonds. The van der Waals surface area contributed by atoms with Crippen molar-refractivity contribution in [3.05, 3.63) is 17.8 Å². The smallest absolute Gasteiger partial charge is 0.303 e. The van der Waals surface area contributed by atoms with Gasteiger partial charge < -0.3 is 15.7 Å². The summed E-state index contributed by atoms with van der Waals surface area (Å²) in [6, 6.07) is 2.42. The third kappa shape index (κ3) is 4.86. The first kappa shape index (κ1) is 18.6. The molecule has 3 N–H and O–H groups in total. The second-order valence-electron chi connectivity index (χ2n) is 7.52. The van der Waals surface area contributed by atoms with Gasteiger partial charge in [0.25, 0.3) is 0 Å². The molecular formula is C19H31N3O2. The first-order valence-corrected chi connectivity index (χ1v) is 9.12. The summed E-state index contributed by atoms with van der Waals surface area (Å²) in [5.41, 5.74) is 7.88. The van der Waals surface area contributed by atoms with E-state index < -0.39 is 5.97 Å². The summed E-state index contributed by atoms with van der Waals surface area (Å²) in [7, 11) is 0. The minimum atomic E-state index is -0.797. The number of pyridine rings is 1. The van der Waals surface area contributed by atoms with Crippen molar-refractivity contribution in [2.75, 3.05) is 17.2 Å². The van der Waals surface area contributed by atoms with Crippen molar-refractivity contribution in [3.8, 4) is 0 Å². The maximum atomic E-state index is 10.9. The number of nitrogens with zero attached hydrogens (tertiary/aromatic N) is 2. The lowest BCUT2D eigenvalue weighted by atomic mass is 9.93. The molecule has 0 spiro atoms. The van der Waals surface area contributed by atoms with E-state index in [1.165, 1.54) is 32.1 Å². The van der Waals surface area contributed by atoms with Crippen LogP contribution in [0.25, 0.3) is 0 Å². The molecule has 134 valence electrons. The molecule has 1 atom stereocenters. The van der Waals surface area contributed by atoms with Crippen LogP contribution in [0, 0.1) is 5.92 Å². The molecule has 1 aliphatic carbocycles. The first-order chi connectivity index (χ1) is 11.4. The van der Waals surface area contributed by atoms with Crippen LogP contribution in [-0.2, 0) is 4.79 Å². The van der Waals surface area contributed by atoms with Crippen LogP contribution < -0.4 is 10.6 Å². The molecule has 0 radical (unpaired) electrons. The number of carboxylic acids is 1. The molecule has 0 bridgehead atoms. The minimum Gasteiger partial charge on any atom is -0.481 e. The van der Waals surface area contributed by atoms with Gasteiger partial charge in [0.15, 0.2) is 5.82 Å². The highest BCUT2D eigenvalue weighted by Crippen LogP contribution is 2.32. The predicted molar refractivity (Wildman–Crippen MR) is 98.4 cm³/mol. The molecule has 24 heavy (non-hydrogen) atoms. The Morgan fingerprint density at radius 1 is 1.33 bits per heavy atom. The Balaban J connectivity index is 2.24. The molecule has 5 nitrogen and oxygen atoms in total. The molecule has 1 aliphatic rings. The molecule has 1 aromatic heterocycles. The molecule has 1 heterocycles. The Morgan fingerprint density at radius 2 is 2.00 bits per heavy atom. The molecule has 5 heteroatoms. The lowest BCUT2D eigenvalue weighted by molar-refractivity contribution is -0.137. The van der Waals surface area contributed by atoms with Crippen LogP contribution in [0.5, 0.6) is 0 Å². The van der Waals surface area contributed by atoms with Gasteiger partial charge in [-0.3, -0.25) is 4.79 Å². The standard InChI is InChI=1S/C19H31N3O2/c1-13(2)12-22(16-7-5-4-6-8-16)19-17(20)10-15(11-21-19)14(3)9-18(23)24/h10-11,13-14,16H,4-9,12,20H2,1-3H3,(H,23,24)/t14-/m1/s1. The number of nitrogens with two attached hydrogens (primary N) is 1. The van der Waals surface area contributed by atoms with Crippen LogP contribution in [0.2, 0.25) is 0 Å². The number of aromatic nitrogens is 1. The van der Waals surface area contributed by atoms with E-state index in [9.17, 15) is 4.79 Å². The molecule has 1 aromatic rings. The topological polar surface area (TPSA) is 79.5 Å². The van der Waals surface area contributed by atoms with E-state index in [0.717, 1.165) is 17.9 Å². The third-order valence-electron chi connectivity index (χ3n) is 4.82. The van der Waals surface area contributed by atoms with Crippen molar-refractivity contribution in [1.29, 1.82) is 0 Å². The van der Waals surface area contributed by atoms with Gasteiger partial charge in [-0.05, 0) is 36.3 Å². The summed E-state index contributed by atoms with van der Waals surface area (Å²) in [4.78, 5) is 17.9. The first-order valence-electron chi connectivity index (χ1n) is 9.12.